The van der Waals surface area contributed by atoms with E-state index in [0.29, 0.717) is 19.6 Å². The maximum Gasteiger partial charge on any atom is 0.193 e. The summed E-state index contributed by atoms with van der Waals surface area (Å²) >= 11 is 0. The lowest BCUT2D eigenvalue weighted by Gasteiger charge is -2.34. The molecule has 0 aromatic rings. The Morgan fingerprint density at radius 2 is 2.53 bits per heavy atom. The van der Waals surface area contributed by atoms with Crippen LogP contribution in [0.1, 0.15) is 6.42 Å². The van der Waals surface area contributed by atoms with Crippen LogP contribution in [0.25, 0.3) is 0 Å². The number of morpholine rings is 1. The third-order valence-electron chi connectivity index (χ3n) is 2.56. The third-order valence-corrected chi connectivity index (χ3v) is 2.56. The van der Waals surface area contributed by atoms with Crippen molar-refractivity contribution in [2.45, 2.75) is 12.5 Å². The summed E-state index contributed by atoms with van der Waals surface area (Å²) in [5.74, 6) is 3.48. The molecule has 1 heterocycles. The molecule has 1 aliphatic rings. The number of hydrogen-bond acceptors (Lipinski definition) is 3. The highest BCUT2D eigenvalue weighted by atomic mass is 16.5. The summed E-state index contributed by atoms with van der Waals surface area (Å²) in [6.45, 7) is 3.69. The van der Waals surface area contributed by atoms with Gasteiger partial charge in [-0.1, -0.05) is 0 Å². The van der Waals surface area contributed by atoms with Gasteiger partial charge in [0.1, 0.15) is 0 Å². The van der Waals surface area contributed by atoms with Crippen LogP contribution in [0.5, 0.6) is 0 Å². The fraction of sp³-hybridized carbons (Fsp3) is 0.750. The van der Waals surface area contributed by atoms with Crippen LogP contribution in [0, 0.1) is 12.3 Å². The topological polar surface area (TPSA) is 46.1 Å². The summed E-state index contributed by atoms with van der Waals surface area (Å²) in [6, 6.07) is 0. The van der Waals surface area contributed by atoms with Crippen LogP contribution in [-0.4, -0.2) is 64.0 Å². The number of rotatable bonds is 4. The molecule has 0 spiro atoms. The summed E-state index contributed by atoms with van der Waals surface area (Å²) in [6.07, 6.45) is 6.03. The molecule has 96 valence electrons. The molecule has 1 aliphatic heterocycles. The van der Waals surface area contributed by atoms with Gasteiger partial charge in [-0.05, 0) is 0 Å². The van der Waals surface area contributed by atoms with Crippen molar-refractivity contribution in [2.24, 2.45) is 4.99 Å². The van der Waals surface area contributed by atoms with Gasteiger partial charge in [-0.3, -0.25) is 4.99 Å². The highest BCUT2D eigenvalue weighted by Gasteiger charge is 2.22. The van der Waals surface area contributed by atoms with E-state index in [4.69, 9.17) is 15.9 Å². The predicted molar refractivity (Wildman–Crippen MR) is 68.0 cm³/mol. The van der Waals surface area contributed by atoms with Gasteiger partial charge >= 0.3 is 0 Å². The molecule has 5 nitrogen and oxygen atoms in total. The van der Waals surface area contributed by atoms with E-state index in [0.717, 1.165) is 25.6 Å². The Balaban J connectivity index is 2.43. The number of ether oxygens (including phenoxy) is 2. The first kappa shape index (κ1) is 13.8. The van der Waals surface area contributed by atoms with Gasteiger partial charge in [0.2, 0.25) is 0 Å². The summed E-state index contributed by atoms with van der Waals surface area (Å²) < 4.78 is 10.7. The Hall–Kier alpha value is -1.25. The molecular formula is C12H21N3O2. The van der Waals surface area contributed by atoms with Gasteiger partial charge < -0.3 is 19.7 Å². The molecule has 0 aromatic carbocycles. The molecule has 1 N–H and O–H groups in total. The number of nitrogens with one attached hydrogen (secondary N) is 1. The maximum absolute atomic E-state index is 5.59. The van der Waals surface area contributed by atoms with Crippen molar-refractivity contribution in [1.29, 1.82) is 0 Å². The SMILES string of the molecule is C#CCCNC(=NC)N1CCOC(COC)C1. The molecule has 1 atom stereocenters. The van der Waals surface area contributed by atoms with E-state index in [2.05, 4.69) is 21.1 Å². The zero-order chi connectivity index (χ0) is 12.5. The molecule has 1 rings (SSSR count). The lowest BCUT2D eigenvalue weighted by molar-refractivity contribution is -0.0447. The lowest BCUT2D eigenvalue weighted by atomic mass is 10.3. The van der Waals surface area contributed by atoms with Crippen LogP contribution in [0.4, 0.5) is 0 Å². The second kappa shape index (κ2) is 7.93. The minimum Gasteiger partial charge on any atom is -0.382 e. The van der Waals surface area contributed by atoms with E-state index < -0.39 is 0 Å². The molecule has 1 saturated heterocycles. The minimum atomic E-state index is 0.111. The van der Waals surface area contributed by atoms with Crippen LogP contribution in [0.15, 0.2) is 4.99 Å². The van der Waals surface area contributed by atoms with Crippen LogP contribution in [-0.2, 0) is 9.47 Å². The zero-order valence-electron chi connectivity index (χ0n) is 10.6. The van der Waals surface area contributed by atoms with E-state index in [1.54, 1.807) is 14.2 Å². The number of guanidine groups is 1. The van der Waals surface area contributed by atoms with Crippen LogP contribution >= 0.6 is 0 Å². The van der Waals surface area contributed by atoms with Gasteiger partial charge in [0.25, 0.3) is 0 Å². The monoisotopic (exact) mass is 239 g/mol. The third kappa shape index (κ3) is 4.63. The Bertz CT molecular complexity index is 284. The molecule has 5 heteroatoms. The molecule has 0 aromatic heterocycles. The fourth-order valence-corrected chi connectivity index (χ4v) is 1.78. The highest BCUT2D eigenvalue weighted by Crippen LogP contribution is 2.05. The van der Waals surface area contributed by atoms with Gasteiger partial charge in [-0.2, -0.15) is 0 Å². The van der Waals surface area contributed by atoms with Crippen molar-refractivity contribution in [2.75, 3.05) is 47.0 Å². The minimum absolute atomic E-state index is 0.111. The molecule has 1 fully saturated rings. The van der Waals surface area contributed by atoms with Crippen molar-refractivity contribution < 1.29 is 9.47 Å². The van der Waals surface area contributed by atoms with Gasteiger partial charge in [0.05, 0.1) is 19.3 Å². The Morgan fingerprint density at radius 1 is 1.71 bits per heavy atom. The van der Waals surface area contributed by atoms with Crippen LogP contribution in [0.2, 0.25) is 0 Å². The lowest BCUT2D eigenvalue weighted by Crippen LogP contribution is -2.51. The van der Waals surface area contributed by atoms with Crippen molar-refractivity contribution in [3.8, 4) is 12.3 Å². The molecule has 17 heavy (non-hydrogen) atoms. The Kier molecular flexibility index (Phi) is 6.45. The van der Waals surface area contributed by atoms with E-state index in [9.17, 15) is 0 Å². The van der Waals surface area contributed by atoms with Crippen molar-refractivity contribution in [3.63, 3.8) is 0 Å². The Labute approximate surface area is 103 Å². The standard InChI is InChI=1S/C12H21N3O2/c1-4-5-6-14-12(13-2)15-7-8-17-11(9-15)10-16-3/h1,11H,5-10H2,2-3H3,(H,13,14). The molecule has 0 bridgehead atoms. The molecule has 0 amide bonds. The maximum atomic E-state index is 5.59. The first-order chi connectivity index (χ1) is 8.31. The number of aliphatic imine (C=N–C) groups is 1. The largest absolute Gasteiger partial charge is 0.382 e. The number of methoxy groups -OCH3 is 1. The number of nitrogens with zero attached hydrogens (tertiary/aromatic N) is 2. The summed E-state index contributed by atoms with van der Waals surface area (Å²) in [5.41, 5.74) is 0. The average molecular weight is 239 g/mol. The van der Waals surface area contributed by atoms with Crippen molar-refractivity contribution in [3.05, 3.63) is 0 Å². The van der Waals surface area contributed by atoms with E-state index in [1.165, 1.54) is 0 Å². The van der Waals surface area contributed by atoms with E-state index >= 15 is 0 Å². The molecule has 0 radical (unpaired) electrons. The predicted octanol–water partition coefficient (Wildman–Crippen LogP) is -0.0677. The van der Waals surface area contributed by atoms with Gasteiger partial charge in [-0.15, -0.1) is 12.3 Å². The van der Waals surface area contributed by atoms with Gasteiger partial charge in [-0.25, -0.2) is 0 Å². The van der Waals surface area contributed by atoms with E-state index in [1.807, 2.05) is 0 Å². The Morgan fingerprint density at radius 3 is 3.18 bits per heavy atom. The smallest absolute Gasteiger partial charge is 0.193 e. The zero-order valence-corrected chi connectivity index (χ0v) is 10.6. The molecule has 1 unspecified atom stereocenters. The molecule has 0 saturated carbocycles. The first-order valence-corrected chi connectivity index (χ1v) is 5.81. The first-order valence-electron chi connectivity index (χ1n) is 5.81. The average Bonchev–Trinajstić information content (AvgIpc) is 2.35. The number of hydrogen-bond donors (Lipinski definition) is 1. The van der Waals surface area contributed by atoms with Crippen molar-refractivity contribution >= 4 is 5.96 Å². The fourth-order valence-electron chi connectivity index (χ4n) is 1.78. The summed E-state index contributed by atoms with van der Waals surface area (Å²) in [5, 5.41) is 3.24. The van der Waals surface area contributed by atoms with E-state index in [-0.39, 0.29) is 6.10 Å². The number of terminal acetylenes is 1. The normalized spacial score (nSPS) is 21.1. The molecule has 0 aliphatic carbocycles. The summed E-state index contributed by atoms with van der Waals surface area (Å²) in [4.78, 5) is 6.41. The molecular weight excluding hydrogens is 218 g/mol. The van der Waals surface area contributed by atoms with Gasteiger partial charge in [0.15, 0.2) is 5.96 Å². The van der Waals surface area contributed by atoms with Crippen LogP contribution in [0.3, 0.4) is 0 Å². The summed E-state index contributed by atoms with van der Waals surface area (Å²) in [7, 11) is 3.46. The van der Waals surface area contributed by atoms with Crippen LogP contribution < -0.4 is 5.32 Å². The quantitative estimate of drug-likeness (QED) is 0.323. The highest BCUT2D eigenvalue weighted by molar-refractivity contribution is 5.80. The van der Waals surface area contributed by atoms with Gasteiger partial charge in [0, 0.05) is 40.2 Å². The second-order valence-corrected chi connectivity index (χ2v) is 3.82. The second-order valence-electron chi connectivity index (χ2n) is 3.82. The van der Waals surface area contributed by atoms with Crippen molar-refractivity contribution in [1.82, 2.24) is 10.2 Å².